The van der Waals surface area contributed by atoms with Crippen molar-refractivity contribution in [3.05, 3.63) is 122 Å². The number of aryl methyl sites for hydroxylation is 1. The number of anilines is 1. The average Bonchev–Trinajstić information content (AvgIpc) is 3.40. The van der Waals surface area contributed by atoms with Crippen LogP contribution in [-0.4, -0.2) is 38.3 Å². The van der Waals surface area contributed by atoms with E-state index in [0.717, 1.165) is 15.8 Å². The van der Waals surface area contributed by atoms with Crippen LogP contribution in [0.1, 0.15) is 27.2 Å². The first-order valence-electron chi connectivity index (χ1n) is 12.9. The molecule has 3 aromatic carbocycles. The quantitative estimate of drug-likeness (QED) is 0.257. The molecular formula is C30H28N6O5. The zero-order valence-corrected chi connectivity index (χ0v) is 22.5. The van der Waals surface area contributed by atoms with Gasteiger partial charge in [-0.3, -0.25) is 28.6 Å². The summed E-state index contributed by atoms with van der Waals surface area (Å²) in [7, 11) is 1.58. The Morgan fingerprint density at radius 2 is 1.68 bits per heavy atom. The van der Waals surface area contributed by atoms with Crippen molar-refractivity contribution in [3.8, 4) is 5.75 Å². The number of para-hydroxylation sites is 2. The smallest absolute Gasteiger partial charge is 0.332 e. The molecule has 0 bridgehead atoms. The molecule has 0 fully saturated rings. The van der Waals surface area contributed by atoms with E-state index in [2.05, 4.69) is 20.8 Å². The lowest BCUT2D eigenvalue weighted by molar-refractivity contribution is -0.116. The second-order valence-corrected chi connectivity index (χ2v) is 9.45. The van der Waals surface area contributed by atoms with Crippen LogP contribution in [0.2, 0.25) is 0 Å². The van der Waals surface area contributed by atoms with Gasteiger partial charge >= 0.3 is 5.69 Å². The molecule has 11 heteroatoms. The van der Waals surface area contributed by atoms with Gasteiger partial charge in [0.2, 0.25) is 5.91 Å². The first-order chi connectivity index (χ1) is 19.8. The molecule has 5 aromatic rings. The van der Waals surface area contributed by atoms with Crippen LogP contribution in [-0.2, 0) is 24.4 Å². The van der Waals surface area contributed by atoms with Crippen LogP contribution in [0.3, 0.4) is 0 Å². The minimum atomic E-state index is -0.624. The summed E-state index contributed by atoms with van der Waals surface area (Å²) < 4.78 is 7.68. The molecule has 0 atom stereocenters. The van der Waals surface area contributed by atoms with Crippen molar-refractivity contribution in [2.45, 2.75) is 26.6 Å². The second-order valence-electron chi connectivity index (χ2n) is 9.45. The number of hydrogen-bond acceptors (Lipinski definition) is 6. The lowest BCUT2D eigenvalue weighted by Gasteiger charge is -2.14. The van der Waals surface area contributed by atoms with Gasteiger partial charge in [-0.15, -0.1) is 0 Å². The summed E-state index contributed by atoms with van der Waals surface area (Å²) in [5, 5.41) is 12.6. The minimum absolute atomic E-state index is 0.0359. The van der Waals surface area contributed by atoms with Gasteiger partial charge in [-0.2, -0.15) is 5.10 Å². The summed E-state index contributed by atoms with van der Waals surface area (Å²) >= 11 is 0. The summed E-state index contributed by atoms with van der Waals surface area (Å²) in [4.78, 5) is 52.3. The maximum atomic E-state index is 13.5. The number of benzene rings is 3. The Morgan fingerprint density at radius 1 is 0.951 bits per heavy atom. The summed E-state index contributed by atoms with van der Waals surface area (Å²) in [6.07, 6.45) is 0. The van der Waals surface area contributed by atoms with E-state index < -0.39 is 17.2 Å². The molecule has 0 unspecified atom stereocenters. The molecule has 41 heavy (non-hydrogen) atoms. The SMILES string of the molecule is COc1ccccc1CNC(=O)c1ccc(Cn2c(=O)c3ccccc3n(CC(=O)Nc3cc(C)[nH]n3)c2=O)cc1. The average molecular weight is 553 g/mol. The van der Waals surface area contributed by atoms with Crippen LogP contribution in [0, 0.1) is 6.92 Å². The Hall–Kier alpha value is -5.45. The Kier molecular flexibility index (Phi) is 7.77. The lowest BCUT2D eigenvalue weighted by atomic mass is 10.1. The van der Waals surface area contributed by atoms with Gasteiger partial charge in [-0.05, 0) is 42.8 Å². The Labute approximate surface area is 234 Å². The first-order valence-corrected chi connectivity index (χ1v) is 12.9. The van der Waals surface area contributed by atoms with Gasteiger partial charge in [0.25, 0.3) is 11.5 Å². The number of nitrogens with zero attached hydrogens (tertiary/aromatic N) is 3. The summed E-state index contributed by atoms with van der Waals surface area (Å²) in [5.74, 6) is 0.289. The Bertz CT molecular complexity index is 1850. The lowest BCUT2D eigenvalue weighted by Crippen LogP contribution is -2.42. The number of aromatic nitrogens is 4. The van der Waals surface area contributed by atoms with Gasteiger partial charge in [-0.1, -0.05) is 42.5 Å². The standard InChI is InChI=1S/C30H28N6O5/c1-19-15-26(34-33-19)32-27(37)18-35-24-9-5-4-8-23(24)29(39)36(30(35)40)17-20-11-13-21(14-12-20)28(38)31-16-22-7-3-6-10-25(22)41-2/h3-15H,16-18H2,1-2H3,(H,31,38)(H2,32,33,34,37). The van der Waals surface area contributed by atoms with Gasteiger partial charge in [0, 0.05) is 29.4 Å². The predicted octanol–water partition coefficient (Wildman–Crippen LogP) is 2.82. The fourth-order valence-corrected chi connectivity index (χ4v) is 4.54. The molecule has 0 aliphatic carbocycles. The van der Waals surface area contributed by atoms with Gasteiger partial charge in [0.15, 0.2) is 5.82 Å². The highest BCUT2D eigenvalue weighted by atomic mass is 16.5. The molecule has 5 rings (SSSR count). The van der Waals surface area contributed by atoms with Crippen molar-refractivity contribution < 1.29 is 14.3 Å². The van der Waals surface area contributed by atoms with Gasteiger partial charge in [0.05, 0.1) is 24.6 Å². The molecule has 2 aromatic heterocycles. The van der Waals surface area contributed by atoms with Crippen LogP contribution < -0.4 is 26.6 Å². The second kappa shape index (κ2) is 11.7. The van der Waals surface area contributed by atoms with Crippen LogP contribution in [0.4, 0.5) is 5.82 Å². The monoisotopic (exact) mass is 552 g/mol. The van der Waals surface area contributed by atoms with E-state index in [9.17, 15) is 19.2 Å². The molecule has 0 aliphatic rings. The van der Waals surface area contributed by atoms with E-state index in [4.69, 9.17) is 4.74 Å². The van der Waals surface area contributed by atoms with Crippen LogP contribution in [0.25, 0.3) is 10.9 Å². The third-order valence-corrected chi connectivity index (χ3v) is 6.60. The van der Waals surface area contributed by atoms with E-state index in [1.807, 2.05) is 24.3 Å². The number of hydrogen-bond donors (Lipinski definition) is 3. The van der Waals surface area contributed by atoms with Crippen molar-refractivity contribution in [2.75, 3.05) is 12.4 Å². The van der Waals surface area contributed by atoms with E-state index in [1.165, 1.54) is 4.57 Å². The Morgan fingerprint density at radius 3 is 2.41 bits per heavy atom. The molecule has 2 amide bonds. The number of rotatable bonds is 9. The molecule has 0 spiro atoms. The van der Waals surface area contributed by atoms with Gasteiger partial charge in [0.1, 0.15) is 12.3 Å². The fourth-order valence-electron chi connectivity index (χ4n) is 4.54. The van der Waals surface area contributed by atoms with Gasteiger partial charge < -0.3 is 15.4 Å². The van der Waals surface area contributed by atoms with Crippen LogP contribution in [0.15, 0.2) is 88.5 Å². The van der Waals surface area contributed by atoms with Crippen LogP contribution >= 0.6 is 0 Å². The number of aromatic amines is 1. The normalized spacial score (nSPS) is 10.9. The highest BCUT2D eigenvalue weighted by molar-refractivity contribution is 5.94. The highest BCUT2D eigenvalue weighted by Crippen LogP contribution is 2.17. The van der Waals surface area contributed by atoms with Crippen molar-refractivity contribution in [3.63, 3.8) is 0 Å². The number of amides is 2. The number of nitrogens with one attached hydrogen (secondary N) is 3. The zero-order valence-electron chi connectivity index (χ0n) is 22.5. The van der Waals surface area contributed by atoms with E-state index >= 15 is 0 Å². The number of H-pyrrole nitrogens is 1. The maximum absolute atomic E-state index is 13.5. The van der Waals surface area contributed by atoms with E-state index in [0.29, 0.717) is 40.1 Å². The molecule has 11 nitrogen and oxygen atoms in total. The van der Waals surface area contributed by atoms with Crippen molar-refractivity contribution in [1.82, 2.24) is 24.6 Å². The molecule has 0 aliphatic heterocycles. The molecule has 3 N–H and O–H groups in total. The van der Waals surface area contributed by atoms with Crippen molar-refractivity contribution in [1.29, 1.82) is 0 Å². The van der Waals surface area contributed by atoms with E-state index in [-0.39, 0.29) is 19.0 Å². The van der Waals surface area contributed by atoms with E-state index in [1.54, 1.807) is 68.6 Å². The molecule has 0 saturated carbocycles. The summed E-state index contributed by atoms with van der Waals surface area (Å²) in [6, 6.07) is 22.4. The number of carbonyl (C=O) groups excluding carboxylic acids is 2. The largest absolute Gasteiger partial charge is 0.496 e. The Balaban J connectivity index is 1.36. The third kappa shape index (κ3) is 5.93. The first kappa shape index (κ1) is 27.1. The van der Waals surface area contributed by atoms with Crippen LogP contribution in [0.5, 0.6) is 5.75 Å². The highest BCUT2D eigenvalue weighted by Gasteiger charge is 2.17. The third-order valence-electron chi connectivity index (χ3n) is 6.60. The number of methoxy groups -OCH3 is 1. The fraction of sp³-hybridized carbons (Fsp3) is 0.167. The topological polar surface area (TPSA) is 140 Å². The van der Waals surface area contributed by atoms with Crippen molar-refractivity contribution in [2.24, 2.45) is 0 Å². The molecule has 0 saturated heterocycles. The minimum Gasteiger partial charge on any atom is -0.496 e. The number of carbonyl (C=O) groups is 2. The molecule has 0 radical (unpaired) electrons. The number of ether oxygens (including phenoxy) is 1. The number of fused-ring (bicyclic) bond motifs is 1. The summed E-state index contributed by atoms with van der Waals surface area (Å²) in [5.41, 5.74) is 1.95. The molecule has 208 valence electrons. The zero-order chi connectivity index (χ0) is 28.9. The molecular weight excluding hydrogens is 524 g/mol. The van der Waals surface area contributed by atoms with Crippen molar-refractivity contribution >= 4 is 28.5 Å². The van der Waals surface area contributed by atoms with Gasteiger partial charge in [-0.25, -0.2) is 4.79 Å². The predicted molar refractivity (Wildman–Crippen MR) is 154 cm³/mol. The summed E-state index contributed by atoms with van der Waals surface area (Å²) in [6.45, 7) is 1.75. The maximum Gasteiger partial charge on any atom is 0.332 e. The molecule has 2 heterocycles.